The zero-order valence-corrected chi connectivity index (χ0v) is 12.1. The van der Waals surface area contributed by atoms with Gasteiger partial charge in [0.25, 0.3) is 0 Å². The number of nitrogens with zero attached hydrogens (tertiary/aromatic N) is 1. The number of hydrogen-bond acceptors (Lipinski definition) is 4. The summed E-state index contributed by atoms with van der Waals surface area (Å²) in [4.78, 5) is 10.8. The van der Waals surface area contributed by atoms with E-state index in [0.717, 1.165) is 23.3 Å². The SMILES string of the molecule is O=C(O)c1cc(-c2ccc(C3CCSC3)c(Cl)c2)on1. The van der Waals surface area contributed by atoms with Crippen molar-refractivity contribution in [2.45, 2.75) is 12.3 Å². The van der Waals surface area contributed by atoms with Gasteiger partial charge in [-0.15, -0.1) is 0 Å². The van der Waals surface area contributed by atoms with Gasteiger partial charge in [-0.1, -0.05) is 28.9 Å². The molecule has 0 radical (unpaired) electrons. The molecule has 2 heterocycles. The molecule has 0 amide bonds. The smallest absolute Gasteiger partial charge is 0.358 e. The van der Waals surface area contributed by atoms with Crippen LogP contribution in [0, 0.1) is 0 Å². The van der Waals surface area contributed by atoms with Crippen LogP contribution in [0.1, 0.15) is 28.4 Å². The van der Waals surface area contributed by atoms with Gasteiger partial charge in [0.1, 0.15) is 0 Å². The van der Waals surface area contributed by atoms with Gasteiger partial charge < -0.3 is 9.63 Å². The number of carboxylic acids is 1. The van der Waals surface area contributed by atoms with Gasteiger partial charge in [-0.05, 0) is 29.7 Å². The van der Waals surface area contributed by atoms with E-state index < -0.39 is 5.97 Å². The third-order valence-corrected chi connectivity index (χ3v) is 4.87. The van der Waals surface area contributed by atoms with E-state index in [1.165, 1.54) is 11.8 Å². The van der Waals surface area contributed by atoms with E-state index in [9.17, 15) is 4.79 Å². The lowest BCUT2D eigenvalue weighted by atomic mass is 9.97. The molecule has 1 N–H and O–H groups in total. The number of aromatic nitrogens is 1. The second-order valence-corrected chi connectivity index (χ2v) is 6.24. The van der Waals surface area contributed by atoms with Gasteiger partial charge in [-0.2, -0.15) is 11.8 Å². The Morgan fingerprint density at radius 3 is 2.90 bits per heavy atom. The summed E-state index contributed by atoms with van der Waals surface area (Å²) in [5.41, 5.74) is 1.79. The van der Waals surface area contributed by atoms with Gasteiger partial charge in [0.2, 0.25) is 0 Å². The Morgan fingerprint density at radius 1 is 1.45 bits per heavy atom. The highest BCUT2D eigenvalue weighted by Crippen LogP contribution is 2.37. The van der Waals surface area contributed by atoms with Crippen molar-refractivity contribution in [1.29, 1.82) is 0 Å². The molecule has 0 saturated carbocycles. The maximum absolute atomic E-state index is 10.8. The highest BCUT2D eigenvalue weighted by molar-refractivity contribution is 7.99. The van der Waals surface area contributed by atoms with Crippen molar-refractivity contribution in [2.24, 2.45) is 0 Å². The molecule has 0 bridgehead atoms. The van der Waals surface area contributed by atoms with Gasteiger partial charge in [-0.25, -0.2) is 4.79 Å². The van der Waals surface area contributed by atoms with Crippen LogP contribution in [-0.2, 0) is 0 Å². The number of carboxylic acid groups (broad SMARTS) is 1. The maximum atomic E-state index is 10.8. The summed E-state index contributed by atoms with van der Waals surface area (Å²) in [6.45, 7) is 0. The standard InChI is InChI=1S/C14H12ClNO3S/c15-11-5-8(13-6-12(14(17)18)16-19-13)1-2-10(11)9-3-4-20-7-9/h1-2,5-6,9H,3-4,7H2,(H,17,18). The molecule has 20 heavy (non-hydrogen) atoms. The minimum atomic E-state index is -1.11. The van der Waals surface area contributed by atoms with E-state index in [1.807, 2.05) is 30.0 Å². The predicted molar refractivity (Wildman–Crippen MR) is 78.6 cm³/mol. The first-order chi connectivity index (χ1) is 9.65. The van der Waals surface area contributed by atoms with Crippen LogP contribution in [0.4, 0.5) is 0 Å². The quantitative estimate of drug-likeness (QED) is 0.931. The summed E-state index contributed by atoms with van der Waals surface area (Å²) in [5, 5.41) is 13.0. The van der Waals surface area contributed by atoms with Gasteiger partial charge in [0.05, 0.1) is 0 Å². The lowest BCUT2D eigenvalue weighted by Crippen LogP contribution is -1.97. The third-order valence-electron chi connectivity index (χ3n) is 3.38. The molecule has 104 valence electrons. The highest BCUT2D eigenvalue weighted by atomic mass is 35.5. The number of rotatable bonds is 3. The number of hydrogen-bond donors (Lipinski definition) is 1. The number of thioether (sulfide) groups is 1. The summed E-state index contributed by atoms with van der Waals surface area (Å²) in [7, 11) is 0. The number of benzene rings is 1. The average Bonchev–Trinajstić information content (AvgIpc) is 3.10. The first kappa shape index (κ1) is 13.5. The number of halogens is 1. The van der Waals surface area contributed by atoms with Crippen LogP contribution in [0.5, 0.6) is 0 Å². The Balaban J connectivity index is 1.90. The monoisotopic (exact) mass is 309 g/mol. The lowest BCUT2D eigenvalue weighted by molar-refractivity contribution is 0.0686. The van der Waals surface area contributed by atoms with Crippen molar-refractivity contribution in [3.63, 3.8) is 0 Å². The fourth-order valence-corrected chi connectivity index (χ4v) is 3.89. The van der Waals surface area contributed by atoms with E-state index in [1.54, 1.807) is 0 Å². The Bertz CT molecular complexity index is 650. The topological polar surface area (TPSA) is 63.3 Å². The van der Waals surface area contributed by atoms with Crippen LogP contribution in [0.15, 0.2) is 28.8 Å². The zero-order valence-electron chi connectivity index (χ0n) is 10.5. The molecule has 1 atom stereocenters. The number of aromatic carboxylic acids is 1. The van der Waals surface area contributed by atoms with Crippen LogP contribution in [-0.4, -0.2) is 27.7 Å². The third kappa shape index (κ3) is 2.55. The second kappa shape index (κ2) is 5.50. The van der Waals surface area contributed by atoms with E-state index in [4.69, 9.17) is 21.2 Å². The zero-order chi connectivity index (χ0) is 14.1. The molecule has 1 aromatic heterocycles. The molecular weight excluding hydrogens is 298 g/mol. The minimum Gasteiger partial charge on any atom is -0.476 e. The average molecular weight is 310 g/mol. The fraction of sp³-hybridized carbons (Fsp3) is 0.286. The molecule has 4 nitrogen and oxygen atoms in total. The molecule has 0 aliphatic carbocycles. The molecule has 3 rings (SSSR count). The molecule has 1 fully saturated rings. The summed E-state index contributed by atoms with van der Waals surface area (Å²) in [5.74, 6) is 2.09. The Labute approximate surface area is 125 Å². The summed E-state index contributed by atoms with van der Waals surface area (Å²) >= 11 is 8.28. The van der Waals surface area contributed by atoms with E-state index in [2.05, 4.69) is 5.16 Å². The Morgan fingerprint density at radius 2 is 2.30 bits per heavy atom. The van der Waals surface area contributed by atoms with Gasteiger partial charge >= 0.3 is 5.97 Å². The first-order valence-electron chi connectivity index (χ1n) is 6.22. The fourth-order valence-electron chi connectivity index (χ4n) is 2.30. The largest absolute Gasteiger partial charge is 0.476 e. The Kier molecular flexibility index (Phi) is 3.72. The van der Waals surface area contributed by atoms with Crippen LogP contribution < -0.4 is 0 Å². The molecule has 1 aromatic carbocycles. The van der Waals surface area contributed by atoms with Crippen molar-refractivity contribution in [2.75, 3.05) is 11.5 Å². The van der Waals surface area contributed by atoms with E-state index >= 15 is 0 Å². The van der Waals surface area contributed by atoms with Crippen molar-refractivity contribution in [3.8, 4) is 11.3 Å². The Hall–Kier alpha value is -1.46. The molecule has 0 spiro atoms. The molecule has 2 aromatic rings. The predicted octanol–water partition coefficient (Wildman–Crippen LogP) is 3.91. The molecule has 6 heteroatoms. The lowest BCUT2D eigenvalue weighted by Gasteiger charge is -2.11. The molecule has 1 aliphatic rings. The summed E-state index contributed by atoms with van der Waals surface area (Å²) in [6.07, 6.45) is 1.15. The molecule has 1 aliphatic heterocycles. The van der Waals surface area contributed by atoms with Crippen LogP contribution in [0.3, 0.4) is 0 Å². The molecule has 1 unspecified atom stereocenters. The van der Waals surface area contributed by atoms with Gasteiger partial charge in [0, 0.05) is 22.4 Å². The van der Waals surface area contributed by atoms with Crippen molar-refractivity contribution in [1.82, 2.24) is 5.16 Å². The van der Waals surface area contributed by atoms with E-state index in [0.29, 0.717) is 16.7 Å². The van der Waals surface area contributed by atoms with Crippen molar-refractivity contribution in [3.05, 3.63) is 40.5 Å². The first-order valence-corrected chi connectivity index (χ1v) is 7.76. The van der Waals surface area contributed by atoms with Crippen molar-refractivity contribution >= 4 is 29.3 Å². The summed E-state index contributed by atoms with van der Waals surface area (Å²) < 4.78 is 5.04. The van der Waals surface area contributed by atoms with Crippen LogP contribution >= 0.6 is 23.4 Å². The van der Waals surface area contributed by atoms with Crippen LogP contribution in [0.25, 0.3) is 11.3 Å². The van der Waals surface area contributed by atoms with E-state index in [-0.39, 0.29) is 5.69 Å². The van der Waals surface area contributed by atoms with Crippen molar-refractivity contribution < 1.29 is 14.4 Å². The second-order valence-electron chi connectivity index (χ2n) is 4.68. The van der Waals surface area contributed by atoms with Crippen LogP contribution in [0.2, 0.25) is 5.02 Å². The summed E-state index contributed by atoms with van der Waals surface area (Å²) in [6, 6.07) is 7.11. The normalized spacial score (nSPS) is 18.4. The highest BCUT2D eigenvalue weighted by Gasteiger charge is 2.21. The van der Waals surface area contributed by atoms with Gasteiger partial charge in [-0.3, -0.25) is 0 Å². The maximum Gasteiger partial charge on any atom is 0.358 e. The minimum absolute atomic E-state index is 0.104. The molecular formula is C14H12ClNO3S. The molecule has 1 saturated heterocycles. The van der Waals surface area contributed by atoms with Gasteiger partial charge in [0.15, 0.2) is 11.5 Å². The number of carbonyl (C=O) groups is 1.